The highest BCUT2D eigenvalue weighted by molar-refractivity contribution is 5.92. The maximum atomic E-state index is 12.3. The molecule has 0 fully saturated rings. The van der Waals surface area contributed by atoms with Crippen LogP contribution in [0.5, 0.6) is 0 Å². The van der Waals surface area contributed by atoms with Crippen molar-refractivity contribution in [3.05, 3.63) is 53.3 Å². The van der Waals surface area contributed by atoms with Gasteiger partial charge in [0.25, 0.3) is 5.91 Å². The van der Waals surface area contributed by atoms with Gasteiger partial charge in [0, 0.05) is 25.3 Å². The molecule has 0 spiro atoms. The number of carbonyl (C=O) groups is 1. The van der Waals surface area contributed by atoms with E-state index in [4.69, 9.17) is 0 Å². The molecule has 0 saturated carbocycles. The van der Waals surface area contributed by atoms with Crippen molar-refractivity contribution in [1.29, 1.82) is 0 Å². The SMILES string of the molecule is CCC(C)NC(=O)c1cc(C)nc(N(C)Cc2ccccc2)n1. The summed E-state index contributed by atoms with van der Waals surface area (Å²) in [4.78, 5) is 23.1. The number of benzene rings is 1. The number of rotatable bonds is 6. The van der Waals surface area contributed by atoms with Crippen molar-refractivity contribution in [3.63, 3.8) is 0 Å². The van der Waals surface area contributed by atoms with E-state index in [1.807, 2.05) is 50.9 Å². The van der Waals surface area contributed by atoms with E-state index in [2.05, 4.69) is 27.4 Å². The lowest BCUT2D eigenvalue weighted by Crippen LogP contribution is -2.33. The Hall–Kier alpha value is -2.43. The Kier molecular flexibility index (Phi) is 5.68. The lowest BCUT2D eigenvalue weighted by atomic mass is 10.2. The quantitative estimate of drug-likeness (QED) is 0.891. The molecule has 0 aliphatic rings. The number of amides is 1. The molecule has 5 nitrogen and oxygen atoms in total. The fraction of sp³-hybridized carbons (Fsp3) is 0.389. The van der Waals surface area contributed by atoms with E-state index in [0.717, 1.165) is 12.1 Å². The third-order valence-electron chi connectivity index (χ3n) is 3.67. The van der Waals surface area contributed by atoms with Crippen molar-refractivity contribution in [2.75, 3.05) is 11.9 Å². The predicted octanol–water partition coefficient (Wildman–Crippen LogP) is 2.95. The van der Waals surface area contributed by atoms with E-state index in [1.54, 1.807) is 6.07 Å². The Morgan fingerprint density at radius 2 is 1.96 bits per heavy atom. The number of anilines is 1. The van der Waals surface area contributed by atoms with Crippen LogP contribution in [0.2, 0.25) is 0 Å². The van der Waals surface area contributed by atoms with Gasteiger partial charge in [-0.2, -0.15) is 0 Å². The van der Waals surface area contributed by atoms with Crippen LogP contribution in [-0.4, -0.2) is 29.0 Å². The first-order valence-electron chi connectivity index (χ1n) is 7.91. The number of carbonyl (C=O) groups excluding carboxylic acids is 1. The van der Waals surface area contributed by atoms with E-state index in [0.29, 0.717) is 18.2 Å². The summed E-state index contributed by atoms with van der Waals surface area (Å²) in [5.74, 6) is 0.405. The third-order valence-corrected chi connectivity index (χ3v) is 3.67. The molecule has 23 heavy (non-hydrogen) atoms. The van der Waals surface area contributed by atoms with Crippen molar-refractivity contribution in [3.8, 4) is 0 Å². The normalized spacial score (nSPS) is 11.8. The number of nitrogens with one attached hydrogen (secondary N) is 1. The molecule has 1 atom stereocenters. The average Bonchev–Trinajstić information content (AvgIpc) is 2.55. The number of aryl methyl sites for hydroxylation is 1. The molecule has 0 bridgehead atoms. The van der Waals surface area contributed by atoms with Gasteiger partial charge in [-0.3, -0.25) is 4.79 Å². The number of aromatic nitrogens is 2. The highest BCUT2D eigenvalue weighted by Gasteiger charge is 2.14. The largest absolute Gasteiger partial charge is 0.348 e. The van der Waals surface area contributed by atoms with E-state index in [9.17, 15) is 4.79 Å². The minimum absolute atomic E-state index is 0.128. The topological polar surface area (TPSA) is 58.1 Å². The first-order valence-corrected chi connectivity index (χ1v) is 7.91. The van der Waals surface area contributed by atoms with E-state index in [-0.39, 0.29) is 11.9 Å². The molecule has 122 valence electrons. The van der Waals surface area contributed by atoms with Crippen LogP contribution in [0.4, 0.5) is 5.95 Å². The third kappa shape index (κ3) is 4.77. The summed E-state index contributed by atoms with van der Waals surface area (Å²) in [5.41, 5.74) is 2.36. The molecule has 1 amide bonds. The van der Waals surface area contributed by atoms with Gasteiger partial charge in [0.15, 0.2) is 0 Å². The first-order chi connectivity index (χ1) is 11.0. The lowest BCUT2D eigenvalue weighted by Gasteiger charge is -2.18. The Morgan fingerprint density at radius 3 is 2.61 bits per heavy atom. The van der Waals surface area contributed by atoms with Crippen molar-refractivity contribution in [2.24, 2.45) is 0 Å². The fourth-order valence-electron chi connectivity index (χ4n) is 2.17. The number of hydrogen-bond acceptors (Lipinski definition) is 4. The highest BCUT2D eigenvalue weighted by atomic mass is 16.1. The monoisotopic (exact) mass is 312 g/mol. The van der Waals surface area contributed by atoms with Gasteiger partial charge in [-0.15, -0.1) is 0 Å². The van der Waals surface area contributed by atoms with Crippen molar-refractivity contribution in [2.45, 2.75) is 39.8 Å². The van der Waals surface area contributed by atoms with Gasteiger partial charge in [-0.05, 0) is 31.9 Å². The molecule has 1 aromatic carbocycles. The Labute approximate surface area is 137 Å². The van der Waals surface area contributed by atoms with Crippen LogP contribution in [0.3, 0.4) is 0 Å². The van der Waals surface area contributed by atoms with E-state index in [1.165, 1.54) is 5.56 Å². The van der Waals surface area contributed by atoms with Crippen LogP contribution in [0, 0.1) is 6.92 Å². The Bertz CT molecular complexity index is 657. The summed E-state index contributed by atoms with van der Waals surface area (Å²) in [6.45, 7) is 6.59. The van der Waals surface area contributed by atoms with Crippen LogP contribution < -0.4 is 10.2 Å². The maximum Gasteiger partial charge on any atom is 0.270 e. The molecule has 0 aliphatic carbocycles. The van der Waals surface area contributed by atoms with Crippen LogP contribution in [-0.2, 0) is 6.54 Å². The molecule has 1 unspecified atom stereocenters. The van der Waals surface area contributed by atoms with Gasteiger partial charge in [-0.25, -0.2) is 9.97 Å². The summed E-state index contributed by atoms with van der Waals surface area (Å²) in [6, 6.07) is 12.0. The zero-order valence-electron chi connectivity index (χ0n) is 14.2. The number of nitrogens with zero attached hydrogens (tertiary/aromatic N) is 3. The molecule has 1 aromatic heterocycles. The minimum Gasteiger partial charge on any atom is -0.348 e. The van der Waals surface area contributed by atoms with Gasteiger partial charge in [0.2, 0.25) is 5.95 Å². The van der Waals surface area contributed by atoms with Gasteiger partial charge in [-0.1, -0.05) is 37.3 Å². The second-order valence-corrected chi connectivity index (χ2v) is 5.82. The summed E-state index contributed by atoms with van der Waals surface area (Å²) in [5, 5.41) is 2.94. The van der Waals surface area contributed by atoms with E-state index < -0.39 is 0 Å². The molecular formula is C18H24N4O. The van der Waals surface area contributed by atoms with Gasteiger partial charge in [0.05, 0.1) is 0 Å². The van der Waals surface area contributed by atoms with Crippen molar-refractivity contribution >= 4 is 11.9 Å². The van der Waals surface area contributed by atoms with Crippen molar-refractivity contribution in [1.82, 2.24) is 15.3 Å². The predicted molar refractivity (Wildman–Crippen MR) is 92.5 cm³/mol. The standard InChI is InChI=1S/C18H24N4O/c1-5-13(2)19-17(23)16-11-14(3)20-18(21-16)22(4)12-15-9-7-6-8-10-15/h6-11,13H,5,12H2,1-4H3,(H,19,23). The second-order valence-electron chi connectivity index (χ2n) is 5.82. The van der Waals surface area contributed by atoms with Crippen LogP contribution in [0.25, 0.3) is 0 Å². The van der Waals surface area contributed by atoms with Crippen LogP contribution >= 0.6 is 0 Å². The zero-order valence-corrected chi connectivity index (χ0v) is 14.2. The molecule has 0 aliphatic heterocycles. The molecule has 2 aromatic rings. The van der Waals surface area contributed by atoms with Gasteiger partial charge < -0.3 is 10.2 Å². The first kappa shape index (κ1) is 16.9. The molecule has 0 radical (unpaired) electrons. The molecule has 0 saturated heterocycles. The summed E-state index contributed by atoms with van der Waals surface area (Å²) < 4.78 is 0. The number of hydrogen-bond donors (Lipinski definition) is 1. The summed E-state index contributed by atoms with van der Waals surface area (Å²) in [6.07, 6.45) is 0.885. The van der Waals surface area contributed by atoms with Gasteiger partial charge in [0.1, 0.15) is 5.69 Å². The lowest BCUT2D eigenvalue weighted by molar-refractivity contribution is 0.0934. The van der Waals surface area contributed by atoms with Crippen molar-refractivity contribution < 1.29 is 4.79 Å². The Morgan fingerprint density at radius 1 is 1.26 bits per heavy atom. The fourth-order valence-corrected chi connectivity index (χ4v) is 2.17. The molecule has 2 rings (SSSR count). The van der Waals surface area contributed by atoms with Gasteiger partial charge >= 0.3 is 0 Å². The summed E-state index contributed by atoms with van der Waals surface area (Å²) >= 11 is 0. The smallest absolute Gasteiger partial charge is 0.270 e. The summed E-state index contributed by atoms with van der Waals surface area (Å²) in [7, 11) is 1.93. The Balaban J connectivity index is 2.17. The second kappa shape index (κ2) is 7.72. The van der Waals surface area contributed by atoms with Crippen LogP contribution in [0.1, 0.15) is 42.0 Å². The maximum absolute atomic E-state index is 12.3. The zero-order chi connectivity index (χ0) is 16.8. The van der Waals surface area contributed by atoms with Crippen LogP contribution in [0.15, 0.2) is 36.4 Å². The highest BCUT2D eigenvalue weighted by Crippen LogP contribution is 2.12. The average molecular weight is 312 g/mol. The minimum atomic E-state index is -0.154. The molecular weight excluding hydrogens is 288 g/mol. The molecule has 1 heterocycles. The molecule has 5 heteroatoms. The van der Waals surface area contributed by atoms with E-state index >= 15 is 0 Å². The molecule has 1 N–H and O–H groups in total.